The lowest BCUT2D eigenvalue weighted by Crippen LogP contribution is -2.49. The Morgan fingerprint density at radius 3 is 2.35 bits per heavy atom. The van der Waals surface area contributed by atoms with E-state index in [1.165, 1.54) is 6.42 Å². The Morgan fingerprint density at radius 2 is 1.81 bits per heavy atom. The van der Waals surface area contributed by atoms with Crippen molar-refractivity contribution in [1.29, 1.82) is 0 Å². The number of nitrogens with two attached hydrogens (primary N) is 1. The molecule has 3 atom stereocenters. The number of piperidine rings is 1. The second-order valence-electron chi connectivity index (χ2n) is 7.24. The molecular formula is C20H31N3O3. The highest BCUT2D eigenvalue weighted by atomic mass is 16.5. The molecule has 1 aliphatic heterocycles. The lowest BCUT2D eigenvalue weighted by Gasteiger charge is -2.38. The number of amides is 2. The normalized spacial score (nSPS) is 21.2. The zero-order valence-corrected chi connectivity index (χ0v) is 16.3. The average molecular weight is 361 g/mol. The molecule has 26 heavy (non-hydrogen) atoms. The Labute approximate surface area is 156 Å². The summed E-state index contributed by atoms with van der Waals surface area (Å²) in [6, 6.07) is 7.38. The van der Waals surface area contributed by atoms with E-state index in [4.69, 9.17) is 10.5 Å². The molecule has 0 saturated carbocycles. The van der Waals surface area contributed by atoms with E-state index in [0.717, 1.165) is 12.8 Å². The van der Waals surface area contributed by atoms with Crippen molar-refractivity contribution in [3.8, 4) is 5.75 Å². The van der Waals surface area contributed by atoms with Gasteiger partial charge >= 0.3 is 0 Å². The summed E-state index contributed by atoms with van der Waals surface area (Å²) in [6.45, 7) is 6.52. The van der Waals surface area contributed by atoms with Crippen LogP contribution in [-0.4, -0.2) is 59.9 Å². The Morgan fingerprint density at radius 1 is 1.23 bits per heavy atom. The molecular weight excluding hydrogens is 330 g/mol. The fraction of sp³-hybridized carbons (Fsp3) is 0.600. The van der Waals surface area contributed by atoms with Gasteiger partial charge in [-0.25, -0.2) is 0 Å². The predicted molar refractivity (Wildman–Crippen MR) is 102 cm³/mol. The molecule has 2 N–H and O–H groups in total. The first-order chi connectivity index (χ1) is 12.3. The maximum absolute atomic E-state index is 12.5. The minimum absolute atomic E-state index is 0.0151. The summed E-state index contributed by atoms with van der Waals surface area (Å²) < 4.78 is 5.65. The average Bonchev–Trinajstić information content (AvgIpc) is 2.64. The molecule has 6 nitrogen and oxygen atoms in total. The molecule has 1 saturated heterocycles. The van der Waals surface area contributed by atoms with Gasteiger partial charge in [-0.2, -0.15) is 0 Å². The van der Waals surface area contributed by atoms with E-state index in [2.05, 4.69) is 13.8 Å². The topological polar surface area (TPSA) is 75.9 Å². The molecule has 1 heterocycles. The number of likely N-dealkylation sites (tertiary alicyclic amines) is 1. The Bertz CT molecular complexity index is 607. The number of nitrogens with zero attached hydrogens (tertiary/aromatic N) is 2. The zero-order chi connectivity index (χ0) is 19.3. The van der Waals surface area contributed by atoms with E-state index < -0.39 is 0 Å². The van der Waals surface area contributed by atoms with E-state index in [1.54, 1.807) is 36.2 Å². The zero-order valence-electron chi connectivity index (χ0n) is 16.3. The maximum Gasteiger partial charge on any atom is 0.260 e. The number of likely N-dealkylation sites (N-methyl/N-ethyl adjacent to an activating group) is 1. The summed E-state index contributed by atoms with van der Waals surface area (Å²) in [5, 5.41) is 0. The molecule has 3 unspecified atom stereocenters. The Balaban J connectivity index is 1.93. The molecule has 0 radical (unpaired) electrons. The fourth-order valence-electron chi connectivity index (χ4n) is 3.39. The second kappa shape index (κ2) is 9.03. The summed E-state index contributed by atoms with van der Waals surface area (Å²) in [5.41, 5.74) is 6.19. The van der Waals surface area contributed by atoms with Crippen LogP contribution in [0.5, 0.6) is 5.75 Å². The number of hydrogen-bond donors (Lipinski definition) is 1. The first-order valence-electron chi connectivity index (χ1n) is 9.36. The van der Waals surface area contributed by atoms with Gasteiger partial charge < -0.3 is 20.3 Å². The summed E-state index contributed by atoms with van der Waals surface area (Å²) in [5.74, 6) is 0.518. The molecule has 0 aliphatic carbocycles. The van der Waals surface area contributed by atoms with Crippen molar-refractivity contribution in [2.75, 3.05) is 20.2 Å². The summed E-state index contributed by atoms with van der Waals surface area (Å²) in [7, 11) is 1.74. The van der Waals surface area contributed by atoms with Gasteiger partial charge in [0.15, 0.2) is 6.61 Å². The van der Waals surface area contributed by atoms with Crippen molar-refractivity contribution >= 4 is 11.8 Å². The van der Waals surface area contributed by atoms with Crippen molar-refractivity contribution in [2.45, 2.75) is 58.2 Å². The van der Waals surface area contributed by atoms with Gasteiger partial charge in [-0.3, -0.25) is 9.59 Å². The highest BCUT2D eigenvalue weighted by Crippen LogP contribution is 2.23. The first-order valence-corrected chi connectivity index (χ1v) is 9.36. The molecule has 1 fully saturated rings. The smallest absolute Gasteiger partial charge is 0.260 e. The van der Waals surface area contributed by atoms with Crippen LogP contribution in [0.1, 0.15) is 50.4 Å². The molecule has 1 aromatic carbocycles. The lowest BCUT2D eigenvalue weighted by atomic mass is 9.97. The number of carbonyl (C=O) groups excluding carboxylic acids is 2. The van der Waals surface area contributed by atoms with Gasteiger partial charge in [0.05, 0.1) is 0 Å². The van der Waals surface area contributed by atoms with Crippen LogP contribution < -0.4 is 10.5 Å². The molecule has 1 aliphatic rings. The Kier molecular flexibility index (Phi) is 7.03. The number of hydrogen-bond acceptors (Lipinski definition) is 4. The van der Waals surface area contributed by atoms with Crippen LogP contribution in [0.3, 0.4) is 0 Å². The second-order valence-corrected chi connectivity index (χ2v) is 7.24. The minimum Gasteiger partial charge on any atom is -0.484 e. The van der Waals surface area contributed by atoms with E-state index in [1.807, 2.05) is 11.8 Å². The van der Waals surface area contributed by atoms with Gasteiger partial charge in [0.2, 0.25) is 0 Å². The third-order valence-electron chi connectivity index (χ3n) is 5.27. The van der Waals surface area contributed by atoms with Crippen LogP contribution in [0.2, 0.25) is 0 Å². The Hall–Kier alpha value is -2.08. The third kappa shape index (κ3) is 4.75. The van der Waals surface area contributed by atoms with Crippen molar-refractivity contribution in [3.05, 3.63) is 29.8 Å². The lowest BCUT2D eigenvalue weighted by molar-refractivity contribution is -0.139. The minimum atomic E-state index is -0.0819. The molecule has 0 bridgehead atoms. The van der Waals surface area contributed by atoms with Gasteiger partial charge in [-0.1, -0.05) is 0 Å². The SMILES string of the molecule is CC(CN)N(C)C(=O)c1ccc(OCC(=O)N2C(C)CCCC2C)cc1. The molecule has 6 heteroatoms. The van der Waals surface area contributed by atoms with Crippen LogP contribution in [0.15, 0.2) is 24.3 Å². The maximum atomic E-state index is 12.5. The number of carbonyl (C=O) groups is 2. The molecule has 144 valence electrons. The largest absolute Gasteiger partial charge is 0.484 e. The number of benzene rings is 1. The van der Waals surface area contributed by atoms with E-state index in [0.29, 0.717) is 17.9 Å². The highest BCUT2D eigenvalue weighted by Gasteiger charge is 2.29. The summed E-state index contributed by atoms with van der Waals surface area (Å²) in [4.78, 5) is 28.4. The fourth-order valence-corrected chi connectivity index (χ4v) is 3.39. The molecule has 2 rings (SSSR count). The third-order valence-corrected chi connectivity index (χ3v) is 5.27. The monoisotopic (exact) mass is 361 g/mol. The van der Waals surface area contributed by atoms with Gasteiger partial charge in [-0.05, 0) is 64.3 Å². The highest BCUT2D eigenvalue weighted by molar-refractivity contribution is 5.94. The van der Waals surface area contributed by atoms with Gasteiger partial charge in [0, 0.05) is 37.3 Å². The van der Waals surface area contributed by atoms with Gasteiger partial charge in [0.1, 0.15) is 5.75 Å². The van der Waals surface area contributed by atoms with Crippen molar-refractivity contribution < 1.29 is 14.3 Å². The summed E-state index contributed by atoms with van der Waals surface area (Å²) >= 11 is 0. The molecule has 1 aromatic rings. The standard InChI is InChI=1S/C20H31N3O3/c1-14-6-5-7-15(2)23(14)19(24)13-26-18-10-8-17(9-11-18)20(25)22(4)16(3)12-21/h8-11,14-16H,5-7,12-13,21H2,1-4H3. The van der Waals surface area contributed by atoms with E-state index in [-0.39, 0.29) is 36.5 Å². The van der Waals surface area contributed by atoms with E-state index in [9.17, 15) is 9.59 Å². The van der Waals surface area contributed by atoms with Gasteiger partial charge in [0.25, 0.3) is 11.8 Å². The predicted octanol–water partition coefficient (Wildman–Crippen LogP) is 2.27. The van der Waals surface area contributed by atoms with Crippen LogP contribution in [-0.2, 0) is 4.79 Å². The molecule has 2 amide bonds. The van der Waals surface area contributed by atoms with Gasteiger partial charge in [-0.15, -0.1) is 0 Å². The summed E-state index contributed by atoms with van der Waals surface area (Å²) in [6.07, 6.45) is 3.25. The number of rotatable bonds is 6. The van der Waals surface area contributed by atoms with Crippen molar-refractivity contribution in [1.82, 2.24) is 9.80 Å². The van der Waals surface area contributed by atoms with Crippen LogP contribution in [0, 0.1) is 0 Å². The van der Waals surface area contributed by atoms with Crippen LogP contribution in [0.4, 0.5) is 0 Å². The molecule has 0 aromatic heterocycles. The number of ether oxygens (including phenoxy) is 1. The van der Waals surface area contributed by atoms with E-state index >= 15 is 0 Å². The quantitative estimate of drug-likeness (QED) is 0.843. The molecule has 0 spiro atoms. The van der Waals surface area contributed by atoms with Crippen molar-refractivity contribution in [2.24, 2.45) is 5.73 Å². The van der Waals surface area contributed by atoms with Crippen LogP contribution in [0.25, 0.3) is 0 Å². The van der Waals surface area contributed by atoms with Crippen LogP contribution >= 0.6 is 0 Å². The first kappa shape index (κ1) is 20.2. The van der Waals surface area contributed by atoms with Crippen molar-refractivity contribution in [3.63, 3.8) is 0 Å².